The van der Waals surface area contributed by atoms with Crippen molar-refractivity contribution in [3.05, 3.63) is 12.2 Å². The van der Waals surface area contributed by atoms with Crippen LogP contribution in [0.3, 0.4) is 0 Å². The Morgan fingerprint density at radius 2 is 2.18 bits per heavy atom. The van der Waals surface area contributed by atoms with Crippen LogP contribution in [0.15, 0.2) is 12.2 Å². The van der Waals surface area contributed by atoms with Gasteiger partial charge in [-0.1, -0.05) is 12.2 Å². The fourth-order valence-corrected chi connectivity index (χ4v) is 2.63. The number of Topliss-reactive ketones (excluding diaryl/α,β-unsaturated/α-hetero) is 1. The van der Waals surface area contributed by atoms with Crippen molar-refractivity contribution < 1.29 is 9.53 Å². The average Bonchev–Trinajstić information content (AvgIpc) is 2.60. The maximum absolute atomic E-state index is 11.3. The molecule has 2 aliphatic heterocycles. The summed E-state index contributed by atoms with van der Waals surface area (Å²) in [5.74, 6) is 1.18. The number of hydrogen-bond acceptors (Lipinski definition) is 2. The first-order valence-electron chi connectivity index (χ1n) is 4.23. The fourth-order valence-electron chi connectivity index (χ4n) is 2.63. The van der Waals surface area contributed by atoms with Gasteiger partial charge in [-0.25, -0.2) is 0 Å². The van der Waals surface area contributed by atoms with Crippen LogP contribution in [-0.2, 0) is 9.53 Å². The van der Waals surface area contributed by atoms with Crippen molar-refractivity contribution in [3.8, 4) is 0 Å². The van der Waals surface area contributed by atoms with Crippen molar-refractivity contribution in [1.82, 2.24) is 0 Å². The third-order valence-corrected chi connectivity index (χ3v) is 3.14. The Balaban J connectivity index is 2.03. The molecule has 4 atom stereocenters. The zero-order valence-electron chi connectivity index (χ0n) is 6.19. The van der Waals surface area contributed by atoms with Crippen molar-refractivity contribution in [3.63, 3.8) is 0 Å². The lowest BCUT2D eigenvalue weighted by Crippen LogP contribution is -2.23. The topological polar surface area (TPSA) is 26.3 Å². The monoisotopic (exact) mass is 150 g/mol. The molecule has 2 nitrogen and oxygen atoms in total. The normalized spacial score (nSPS) is 52.2. The van der Waals surface area contributed by atoms with E-state index in [0.29, 0.717) is 11.7 Å². The lowest BCUT2D eigenvalue weighted by atomic mass is 9.86. The van der Waals surface area contributed by atoms with Gasteiger partial charge >= 0.3 is 0 Å². The Morgan fingerprint density at radius 1 is 1.36 bits per heavy atom. The minimum atomic E-state index is 0.139. The molecule has 1 saturated heterocycles. The van der Waals surface area contributed by atoms with Gasteiger partial charge in [-0.05, 0) is 6.42 Å². The second-order valence-corrected chi connectivity index (χ2v) is 3.64. The molecule has 4 unspecified atom stereocenters. The SMILES string of the molecule is O=C1CCC2C3C=CC(O3)C12. The van der Waals surface area contributed by atoms with Crippen LogP contribution in [-0.4, -0.2) is 18.0 Å². The molecule has 0 aromatic heterocycles. The molecule has 58 valence electrons. The van der Waals surface area contributed by atoms with E-state index in [-0.39, 0.29) is 18.1 Å². The highest BCUT2D eigenvalue weighted by Crippen LogP contribution is 2.46. The highest BCUT2D eigenvalue weighted by atomic mass is 16.5. The summed E-state index contributed by atoms with van der Waals surface area (Å²) in [6.45, 7) is 0. The third kappa shape index (κ3) is 0.590. The first-order chi connectivity index (χ1) is 5.36. The van der Waals surface area contributed by atoms with Crippen LogP contribution in [0.1, 0.15) is 12.8 Å². The second kappa shape index (κ2) is 1.75. The molecule has 2 fully saturated rings. The first-order valence-corrected chi connectivity index (χ1v) is 4.23. The molecule has 0 radical (unpaired) electrons. The van der Waals surface area contributed by atoms with Crippen LogP contribution in [0.4, 0.5) is 0 Å². The Kier molecular flexibility index (Phi) is 0.946. The van der Waals surface area contributed by atoms with Gasteiger partial charge in [0.25, 0.3) is 0 Å². The lowest BCUT2D eigenvalue weighted by Gasteiger charge is -2.13. The van der Waals surface area contributed by atoms with E-state index >= 15 is 0 Å². The molecule has 2 heteroatoms. The second-order valence-electron chi connectivity index (χ2n) is 3.64. The van der Waals surface area contributed by atoms with E-state index in [2.05, 4.69) is 12.2 Å². The zero-order chi connectivity index (χ0) is 7.42. The number of ether oxygens (including phenoxy) is 1. The van der Waals surface area contributed by atoms with Gasteiger partial charge < -0.3 is 4.74 Å². The molecule has 11 heavy (non-hydrogen) atoms. The fraction of sp³-hybridized carbons (Fsp3) is 0.667. The summed E-state index contributed by atoms with van der Waals surface area (Å²) < 4.78 is 5.58. The quantitative estimate of drug-likeness (QED) is 0.480. The van der Waals surface area contributed by atoms with Gasteiger partial charge in [0.15, 0.2) is 0 Å². The molecular formula is C9H10O2. The molecule has 0 N–H and O–H groups in total. The van der Waals surface area contributed by atoms with E-state index in [4.69, 9.17) is 4.74 Å². The van der Waals surface area contributed by atoms with E-state index in [9.17, 15) is 4.79 Å². The van der Waals surface area contributed by atoms with Gasteiger partial charge in [0.05, 0.1) is 18.1 Å². The standard InChI is InChI=1S/C9H10O2/c10-6-2-1-5-7-3-4-8(11-7)9(5)6/h3-5,7-9H,1-2H2. The summed E-state index contributed by atoms with van der Waals surface area (Å²) in [5.41, 5.74) is 0. The minimum absolute atomic E-state index is 0.139. The zero-order valence-corrected chi connectivity index (χ0v) is 6.19. The molecule has 3 aliphatic rings. The average molecular weight is 150 g/mol. The smallest absolute Gasteiger partial charge is 0.139 e. The van der Waals surface area contributed by atoms with E-state index in [1.165, 1.54) is 0 Å². The summed E-state index contributed by atoms with van der Waals surface area (Å²) in [7, 11) is 0. The van der Waals surface area contributed by atoms with Crippen LogP contribution in [0.2, 0.25) is 0 Å². The molecule has 2 heterocycles. The van der Waals surface area contributed by atoms with E-state index in [1.807, 2.05) is 0 Å². The van der Waals surface area contributed by atoms with E-state index < -0.39 is 0 Å². The molecule has 3 rings (SSSR count). The molecule has 0 aromatic rings. The number of fused-ring (bicyclic) bond motifs is 5. The highest BCUT2D eigenvalue weighted by Gasteiger charge is 2.52. The number of hydrogen-bond donors (Lipinski definition) is 0. The Bertz CT molecular complexity index is 244. The van der Waals surface area contributed by atoms with Gasteiger partial charge in [-0.2, -0.15) is 0 Å². The van der Waals surface area contributed by atoms with Gasteiger partial charge in [-0.3, -0.25) is 4.79 Å². The summed E-state index contributed by atoms with van der Waals surface area (Å²) in [5, 5.41) is 0. The molecular weight excluding hydrogens is 140 g/mol. The van der Waals surface area contributed by atoms with Crippen molar-refractivity contribution in [2.75, 3.05) is 0 Å². The van der Waals surface area contributed by atoms with Crippen molar-refractivity contribution in [2.45, 2.75) is 25.0 Å². The predicted molar refractivity (Wildman–Crippen MR) is 39.0 cm³/mol. The van der Waals surface area contributed by atoms with Crippen LogP contribution < -0.4 is 0 Å². The molecule has 0 spiro atoms. The van der Waals surface area contributed by atoms with Gasteiger partial charge in [-0.15, -0.1) is 0 Å². The summed E-state index contributed by atoms with van der Waals surface area (Å²) in [4.78, 5) is 11.3. The first kappa shape index (κ1) is 5.95. The predicted octanol–water partition coefficient (Wildman–Crippen LogP) is 0.919. The summed E-state index contributed by atoms with van der Waals surface area (Å²) in [6, 6.07) is 0. The lowest BCUT2D eigenvalue weighted by molar-refractivity contribution is -0.122. The van der Waals surface area contributed by atoms with Gasteiger partial charge in [0, 0.05) is 12.3 Å². The Hall–Kier alpha value is -0.630. The van der Waals surface area contributed by atoms with Crippen LogP contribution in [0.25, 0.3) is 0 Å². The highest BCUT2D eigenvalue weighted by molar-refractivity contribution is 5.85. The van der Waals surface area contributed by atoms with E-state index in [1.54, 1.807) is 0 Å². The van der Waals surface area contributed by atoms with Crippen LogP contribution in [0.5, 0.6) is 0 Å². The molecule has 0 amide bonds. The summed E-state index contributed by atoms with van der Waals surface area (Å²) >= 11 is 0. The minimum Gasteiger partial charge on any atom is -0.366 e. The Labute approximate surface area is 65.2 Å². The van der Waals surface area contributed by atoms with Crippen LogP contribution >= 0.6 is 0 Å². The third-order valence-electron chi connectivity index (χ3n) is 3.14. The maximum Gasteiger partial charge on any atom is 0.139 e. The number of carbonyl (C=O) groups excluding carboxylic acids is 1. The van der Waals surface area contributed by atoms with Crippen molar-refractivity contribution in [1.29, 1.82) is 0 Å². The summed E-state index contributed by atoms with van der Waals surface area (Å²) in [6.07, 6.45) is 6.42. The Morgan fingerprint density at radius 3 is 3.00 bits per heavy atom. The molecule has 2 bridgehead atoms. The molecule has 1 aliphatic carbocycles. The molecule has 1 saturated carbocycles. The maximum atomic E-state index is 11.3. The van der Waals surface area contributed by atoms with Gasteiger partial charge in [0.2, 0.25) is 0 Å². The largest absolute Gasteiger partial charge is 0.366 e. The number of rotatable bonds is 0. The molecule has 0 aromatic carbocycles. The number of carbonyl (C=O) groups is 1. The van der Waals surface area contributed by atoms with E-state index in [0.717, 1.165) is 12.8 Å². The van der Waals surface area contributed by atoms with Gasteiger partial charge in [0.1, 0.15) is 5.78 Å². The van der Waals surface area contributed by atoms with Crippen molar-refractivity contribution in [2.24, 2.45) is 11.8 Å². The number of ketones is 1. The van der Waals surface area contributed by atoms with Crippen LogP contribution in [0, 0.1) is 11.8 Å². The van der Waals surface area contributed by atoms with Crippen molar-refractivity contribution >= 4 is 5.78 Å².